The van der Waals surface area contributed by atoms with Crippen molar-refractivity contribution in [3.63, 3.8) is 0 Å². The second-order valence-corrected chi connectivity index (χ2v) is 10.4. The maximum absolute atomic E-state index is 14.5. The minimum atomic E-state index is -3.94. The zero-order valence-electron chi connectivity index (χ0n) is 17.7. The number of nitrogens with zero attached hydrogens (tertiary/aromatic N) is 2. The quantitative estimate of drug-likeness (QED) is 0.698. The fourth-order valence-corrected chi connectivity index (χ4v) is 6.16. The SMILES string of the molecule is O=C(c1ccc(F)c(S(=O)(=O)N2CCCCC2)c1)N1CCC(Cc2ccccc2)CC1. The van der Waals surface area contributed by atoms with Crippen LogP contribution < -0.4 is 0 Å². The first kappa shape index (κ1) is 22.0. The Kier molecular flexibility index (Phi) is 6.72. The largest absolute Gasteiger partial charge is 0.339 e. The molecule has 0 aromatic heterocycles. The van der Waals surface area contributed by atoms with Crippen LogP contribution >= 0.6 is 0 Å². The smallest absolute Gasteiger partial charge is 0.253 e. The van der Waals surface area contributed by atoms with E-state index in [-0.39, 0.29) is 16.4 Å². The molecule has 31 heavy (non-hydrogen) atoms. The van der Waals surface area contributed by atoms with Gasteiger partial charge in [-0.25, -0.2) is 12.8 Å². The molecule has 2 aromatic rings. The van der Waals surface area contributed by atoms with Gasteiger partial charge in [0.25, 0.3) is 5.91 Å². The highest BCUT2D eigenvalue weighted by molar-refractivity contribution is 7.89. The van der Waals surface area contributed by atoms with Crippen LogP contribution in [-0.4, -0.2) is 49.7 Å². The molecule has 0 spiro atoms. The van der Waals surface area contributed by atoms with E-state index in [4.69, 9.17) is 0 Å². The molecule has 0 aliphatic carbocycles. The van der Waals surface area contributed by atoms with Crippen molar-refractivity contribution < 1.29 is 17.6 Å². The third kappa shape index (κ3) is 4.99. The maximum Gasteiger partial charge on any atom is 0.253 e. The Hall–Kier alpha value is -2.25. The number of benzene rings is 2. The van der Waals surface area contributed by atoms with E-state index in [0.717, 1.165) is 44.6 Å². The first-order valence-electron chi connectivity index (χ1n) is 11.1. The Balaban J connectivity index is 1.44. The van der Waals surface area contributed by atoms with E-state index < -0.39 is 15.8 Å². The van der Waals surface area contributed by atoms with Crippen molar-refractivity contribution in [2.75, 3.05) is 26.2 Å². The van der Waals surface area contributed by atoms with Crippen molar-refractivity contribution in [3.8, 4) is 0 Å². The Morgan fingerprint density at radius 2 is 1.61 bits per heavy atom. The van der Waals surface area contributed by atoms with Crippen molar-refractivity contribution in [1.29, 1.82) is 0 Å². The molecule has 0 saturated carbocycles. The van der Waals surface area contributed by atoms with Gasteiger partial charge in [0.2, 0.25) is 10.0 Å². The van der Waals surface area contributed by atoms with Crippen LogP contribution in [-0.2, 0) is 16.4 Å². The molecule has 0 radical (unpaired) electrons. The highest BCUT2D eigenvalue weighted by Crippen LogP contribution is 2.26. The van der Waals surface area contributed by atoms with Gasteiger partial charge < -0.3 is 4.90 Å². The third-order valence-electron chi connectivity index (χ3n) is 6.38. The molecule has 2 aliphatic rings. The number of halogens is 1. The monoisotopic (exact) mass is 444 g/mol. The minimum absolute atomic E-state index is 0.228. The summed E-state index contributed by atoms with van der Waals surface area (Å²) in [5.74, 6) is -0.508. The lowest BCUT2D eigenvalue weighted by Crippen LogP contribution is -2.39. The number of sulfonamides is 1. The van der Waals surface area contributed by atoms with E-state index >= 15 is 0 Å². The van der Waals surface area contributed by atoms with Crippen LogP contribution in [0.2, 0.25) is 0 Å². The fourth-order valence-electron chi connectivity index (χ4n) is 4.55. The lowest BCUT2D eigenvalue weighted by Gasteiger charge is -2.32. The number of piperidine rings is 2. The Morgan fingerprint density at radius 3 is 2.29 bits per heavy atom. The maximum atomic E-state index is 14.5. The van der Waals surface area contributed by atoms with Crippen LogP contribution in [0.5, 0.6) is 0 Å². The number of hydrogen-bond acceptors (Lipinski definition) is 3. The number of hydrogen-bond donors (Lipinski definition) is 0. The highest BCUT2D eigenvalue weighted by atomic mass is 32.2. The molecule has 2 aromatic carbocycles. The summed E-state index contributed by atoms with van der Waals surface area (Å²) in [6.45, 7) is 2.05. The molecule has 2 saturated heterocycles. The van der Waals surface area contributed by atoms with E-state index in [1.54, 1.807) is 4.90 Å². The van der Waals surface area contributed by atoms with Gasteiger partial charge in [0, 0.05) is 31.7 Å². The molecular formula is C24H29FN2O3S. The Labute approximate surface area is 183 Å². The predicted molar refractivity (Wildman–Crippen MR) is 118 cm³/mol. The molecule has 2 fully saturated rings. The first-order chi connectivity index (χ1) is 14.9. The van der Waals surface area contributed by atoms with Gasteiger partial charge in [-0.2, -0.15) is 4.31 Å². The summed E-state index contributed by atoms with van der Waals surface area (Å²) in [5.41, 5.74) is 1.54. The average Bonchev–Trinajstić information content (AvgIpc) is 2.80. The van der Waals surface area contributed by atoms with E-state index in [2.05, 4.69) is 12.1 Å². The summed E-state index contributed by atoms with van der Waals surface area (Å²) in [7, 11) is -3.94. The zero-order valence-corrected chi connectivity index (χ0v) is 18.5. The Morgan fingerprint density at radius 1 is 0.935 bits per heavy atom. The zero-order chi connectivity index (χ0) is 21.8. The normalized spacial score (nSPS) is 18.8. The second-order valence-electron chi connectivity index (χ2n) is 8.54. The summed E-state index contributed by atoms with van der Waals surface area (Å²) in [6.07, 6.45) is 5.33. The molecule has 5 nitrogen and oxygen atoms in total. The molecule has 0 unspecified atom stereocenters. The molecule has 2 aliphatic heterocycles. The number of likely N-dealkylation sites (tertiary alicyclic amines) is 1. The van der Waals surface area contributed by atoms with E-state index in [1.807, 2.05) is 18.2 Å². The predicted octanol–water partition coefficient (Wildman–Crippen LogP) is 4.10. The second kappa shape index (κ2) is 9.49. The topological polar surface area (TPSA) is 57.7 Å². The van der Waals surface area contributed by atoms with E-state index in [9.17, 15) is 17.6 Å². The minimum Gasteiger partial charge on any atom is -0.339 e. The first-order valence-corrected chi connectivity index (χ1v) is 12.5. The average molecular weight is 445 g/mol. The molecule has 0 N–H and O–H groups in total. The van der Waals surface area contributed by atoms with Crippen LogP contribution in [0.25, 0.3) is 0 Å². The highest BCUT2D eigenvalue weighted by Gasteiger charge is 2.30. The molecule has 2 heterocycles. The van der Waals surface area contributed by atoms with E-state index in [0.29, 0.717) is 32.1 Å². The van der Waals surface area contributed by atoms with Crippen LogP contribution in [0.15, 0.2) is 53.4 Å². The number of amides is 1. The van der Waals surface area contributed by atoms with Crippen LogP contribution in [0.3, 0.4) is 0 Å². The number of carbonyl (C=O) groups is 1. The van der Waals surface area contributed by atoms with Crippen molar-refractivity contribution >= 4 is 15.9 Å². The van der Waals surface area contributed by atoms with Crippen LogP contribution in [0.1, 0.15) is 48.0 Å². The van der Waals surface area contributed by atoms with Gasteiger partial charge in [-0.05, 0) is 61.8 Å². The lowest BCUT2D eigenvalue weighted by molar-refractivity contribution is 0.0690. The summed E-state index contributed by atoms with van der Waals surface area (Å²) >= 11 is 0. The van der Waals surface area contributed by atoms with Gasteiger partial charge in [0.15, 0.2) is 0 Å². The molecule has 4 rings (SSSR count). The van der Waals surface area contributed by atoms with Gasteiger partial charge in [-0.3, -0.25) is 4.79 Å². The fraction of sp³-hybridized carbons (Fsp3) is 0.458. The van der Waals surface area contributed by atoms with Gasteiger partial charge in [0.1, 0.15) is 10.7 Å². The molecule has 0 atom stereocenters. The third-order valence-corrected chi connectivity index (χ3v) is 8.29. The number of rotatable bonds is 5. The standard InChI is InChI=1S/C24H29FN2O3S/c25-22-10-9-21(18-23(22)31(29,30)27-13-5-2-6-14-27)24(28)26-15-11-20(12-16-26)17-19-7-3-1-4-8-19/h1,3-4,7-10,18,20H,2,5-6,11-17H2. The van der Waals surface area contributed by atoms with Crippen molar-refractivity contribution in [2.45, 2.75) is 43.4 Å². The van der Waals surface area contributed by atoms with Crippen molar-refractivity contribution in [3.05, 3.63) is 65.5 Å². The van der Waals surface area contributed by atoms with Gasteiger partial charge >= 0.3 is 0 Å². The Bertz CT molecular complexity index is 1010. The summed E-state index contributed by atoms with van der Waals surface area (Å²) < 4.78 is 41.7. The molecule has 0 bridgehead atoms. The van der Waals surface area contributed by atoms with Crippen molar-refractivity contribution in [1.82, 2.24) is 9.21 Å². The number of carbonyl (C=O) groups excluding carboxylic acids is 1. The molecule has 7 heteroatoms. The lowest BCUT2D eigenvalue weighted by atomic mass is 9.90. The molecule has 1 amide bonds. The van der Waals surface area contributed by atoms with Crippen molar-refractivity contribution in [2.24, 2.45) is 5.92 Å². The molecular weight excluding hydrogens is 415 g/mol. The van der Waals surface area contributed by atoms with Gasteiger partial charge in [-0.15, -0.1) is 0 Å². The van der Waals surface area contributed by atoms with Gasteiger partial charge in [-0.1, -0.05) is 36.8 Å². The van der Waals surface area contributed by atoms with E-state index in [1.165, 1.54) is 22.0 Å². The summed E-state index contributed by atoms with van der Waals surface area (Å²) in [4.78, 5) is 14.4. The summed E-state index contributed by atoms with van der Waals surface area (Å²) in [6, 6.07) is 14.1. The van der Waals surface area contributed by atoms with Gasteiger partial charge in [0.05, 0.1) is 0 Å². The molecule has 166 valence electrons. The summed E-state index contributed by atoms with van der Waals surface area (Å²) in [5, 5.41) is 0. The van der Waals surface area contributed by atoms with Crippen LogP contribution in [0, 0.1) is 11.7 Å². The van der Waals surface area contributed by atoms with Crippen LogP contribution in [0.4, 0.5) is 4.39 Å².